The SMILES string of the molecule is CC(=O)O[C@@H](C)[C@@H](/C=C/[C@@H](O)[C@H](O)[C@H]1CC=CC(=O)O1)OC(C)=O. The van der Waals surface area contributed by atoms with Crippen molar-refractivity contribution in [2.24, 2.45) is 0 Å². The lowest BCUT2D eigenvalue weighted by Gasteiger charge is -2.26. The van der Waals surface area contributed by atoms with Gasteiger partial charge in [0.05, 0.1) is 0 Å². The first kappa shape index (κ1) is 19.9. The number of carbonyl (C=O) groups is 3. The molecule has 1 aliphatic heterocycles. The number of hydrogen-bond acceptors (Lipinski definition) is 8. The fraction of sp³-hybridized carbons (Fsp3) is 0.562. The predicted octanol–water partition coefficient (Wildman–Crippen LogP) is 0.0194. The van der Waals surface area contributed by atoms with Crippen LogP contribution in [0.15, 0.2) is 24.3 Å². The smallest absolute Gasteiger partial charge is 0.330 e. The molecule has 0 aromatic carbocycles. The van der Waals surface area contributed by atoms with Crippen LogP contribution >= 0.6 is 0 Å². The topological polar surface area (TPSA) is 119 Å². The highest BCUT2D eigenvalue weighted by Crippen LogP contribution is 2.16. The molecule has 0 saturated carbocycles. The summed E-state index contributed by atoms with van der Waals surface area (Å²) in [5, 5.41) is 20.0. The van der Waals surface area contributed by atoms with Gasteiger partial charge in [-0.2, -0.15) is 0 Å². The average molecular weight is 342 g/mol. The van der Waals surface area contributed by atoms with E-state index in [0.717, 1.165) is 0 Å². The first-order chi connectivity index (χ1) is 11.2. The molecule has 0 amide bonds. The van der Waals surface area contributed by atoms with Gasteiger partial charge in [-0.05, 0) is 13.0 Å². The van der Waals surface area contributed by atoms with Crippen LogP contribution in [0, 0.1) is 0 Å². The van der Waals surface area contributed by atoms with Crippen LogP contribution < -0.4 is 0 Å². The minimum Gasteiger partial charge on any atom is -0.459 e. The molecular formula is C16H22O8. The van der Waals surface area contributed by atoms with E-state index in [2.05, 4.69) is 0 Å². The standard InChI is InChI=1S/C16H22O8/c1-9(22-10(2)17)13(23-11(3)18)8-7-12(19)16(21)14-5-4-6-15(20)24-14/h4,6-9,12-14,16,19,21H,5H2,1-3H3/b8-7+/t9-,12+,13+,14+,16-/m0/s1. The molecule has 1 aliphatic rings. The van der Waals surface area contributed by atoms with Crippen LogP contribution in [0.3, 0.4) is 0 Å². The second-order valence-corrected chi connectivity index (χ2v) is 5.37. The van der Waals surface area contributed by atoms with Crippen LogP contribution in [0.4, 0.5) is 0 Å². The summed E-state index contributed by atoms with van der Waals surface area (Å²) in [6, 6.07) is 0. The second kappa shape index (κ2) is 9.19. The number of aliphatic hydroxyl groups excluding tert-OH is 2. The molecule has 24 heavy (non-hydrogen) atoms. The van der Waals surface area contributed by atoms with E-state index in [1.54, 1.807) is 6.08 Å². The quantitative estimate of drug-likeness (QED) is 0.377. The van der Waals surface area contributed by atoms with Crippen molar-refractivity contribution in [2.45, 2.75) is 57.7 Å². The lowest BCUT2D eigenvalue weighted by atomic mass is 10.0. The van der Waals surface area contributed by atoms with Crippen LogP contribution in [0.5, 0.6) is 0 Å². The van der Waals surface area contributed by atoms with E-state index in [4.69, 9.17) is 14.2 Å². The zero-order valence-electron chi connectivity index (χ0n) is 13.7. The maximum atomic E-state index is 11.2. The summed E-state index contributed by atoms with van der Waals surface area (Å²) in [6.45, 7) is 3.94. The van der Waals surface area contributed by atoms with E-state index in [1.165, 1.54) is 39.0 Å². The Kier molecular flexibility index (Phi) is 7.60. The molecule has 0 bridgehead atoms. The zero-order chi connectivity index (χ0) is 18.3. The molecule has 0 aromatic heterocycles. The Labute approximate surface area is 139 Å². The molecule has 0 spiro atoms. The molecule has 1 rings (SSSR count). The highest BCUT2D eigenvalue weighted by atomic mass is 16.6. The maximum absolute atomic E-state index is 11.2. The summed E-state index contributed by atoms with van der Waals surface area (Å²) in [5.74, 6) is -1.73. The van der Waals surface area contributed by atoms with Crippen molar-refractivity contribution < 1.29 is 38.8 Å². The van der Waals surface area contributed by atoms with E-state index < -0.39 is 48.4 Å². The van der Waals surface area contributed by atoms with Crippen molar-refractivity contribution in [3.8, 4) is 0 Å². The number of aliphatic hydroxyl groups is 2. The normalized spacial score (nSPS) is 22.4. The molecule has 2 N–H and O–H groups in total. The third-order valence-electron chi connectivity index (χ3n) is 3.24. The van der Waals surface area contributed by atoms with Gasteiger partial charge in [0.25, 0.3) is 0 Å². The van der Waals surface area contributed by atoms with Gasteiger partial charge in [-0.15, -0.1) is 0 Å². The molecular weight excluding hydrogens is 320 g/mol. The van der Waals surface area contributed by atoms with E-state index in [-0.39, 0.29) is 6.42 Å². The first-order valence-electron chi connectivity index (χ1n) is 7.46. The Hall–Kier alpha value is -2.19. The number of carbonyl (C=O) groups excluding carboxylic acids is 3. The lowest BCUT2D eigenvalue weighted by molar-refractivity contribution is -0.160. The Morgan fingerprint density at radius 2 is 1.88 bits per heavy atom. The molecule has 8 heteroatoms. The molecule has 8 nitrogen and oxygen atoms in total. The van der Waals surface area contributed by atoms with E-state index in [9.17, 15) is 24.6 Å². The number of ether oxygens (including phenoxy) is 3. The predicted molar refractivity (Wildman–Crippen MR) is 81.6 cm³/mol. The lowest BCUT2D eigenvalue weighted by Crippen LogP contribution is -2.40. The van der Waals surface area contributed by atoms with Crippen LogP contribution in [0.1, 0.15) is 27.2 Å². The summed E-state index contributed by atoms with van der Waals surface area (Å²) < 4.78 is 14.9. The molecule has 0 saturated heterocycles. The summed E-state index contributed by atoms with van der Waals surface area (Å²) >= 11 is 0. The second-order valence-electron chi connectivity index (χ2n) is 5.37. The van der Waals surface area contributed by atoms with Gasteiger partial charge in [0, 0.05) is 26.3 Å². The Morgan fingerprint density at radius 3 is 2.42 bits per heavy atom. The summed E-state index contributed by atoms with van der Waals surface area (Å²) in [4.78, 5) is 33.3. The Morgan fingerprint density at radius 1 is 1.25 bits per heavy atom. The summed E-state index contributed by atoms with van der Waals surface area (Å²) in [6.07, 6.45) is 0.269. The molecule has 134 valence electrons. The number of hydrogen-bond donors (Lipinski definition) is 2. The van der Waals surface area contributed by atoms with Crippen molar-refractivity contribution >= 4 is 17.9 Å². The van der Waals surface area contributed by atoms with Gasteiger partial charge in [0.15, 0.2) is 6.10 Å². The first-order valence-corrected chi connectivity index (χ1v) is 7.46. The molecule has 0 radical (unpaired) electrons. The molecule has 5 atom stereocenters. The van der Waals surface area contributed by atoms with Gasteiger partial charge in [-0.1, -0.05) is 12.2 Å². The summed E-state index contributed by atoms with van der Waals surface area (Å²) in [5.41, 5.74) is 0. The van der Waals surface area contributed by atoms with Crippen molar-refractivity contribution in [1.29, 1.82) is 0 Å². The number of rotatable bonds is 7. The molecule has 0 unspecified atom stereocenters. The van der Waals surface area contributed by atoms with Crippen molar-refractivity contribution in [2.75, 3.05) is 0 Å². The number of esters is 3. The molecule has 1 heterocycles. The van der Waals surface area contributed by atoms with E-state index in [0.29, 0.717) is 0 Å². The average Bonchev–Trinajstić information content (AvgIpc) is 2.49. The number of cyclic esters (lactones) is 1. The van der Waals surface area contributed by atoms with Crippen molar-refractivity contribution in [3.05, 3.63) is 24.3 Å². The van der Waals surface area contributed by atoms with Gasteiger partial charge >= 0.3 is 17.9 Å². The van der Waals surface area contributed by atoms with Gasteiger partial charge in [0.1, 0.15) is 24.4 Å². The van der Waals surface area contributed by atoms with Gasteiger partial charge < -0.3 is 24.4 Å². The highest BCUT2D eigenvalue weighted by Gasteiger charge is 2.29. The third-order valence-corrected chi connectivity index (χ3v) is 3.24. The minimum absolute atomic E-state index is 0.273. The van der Waals surface area contributed by atoms with Crippen LogP contribution in [0.2, 0.25) is 0 Å². The van der Waals surface area contributed by atoms with E-state index in [1.807, 2.05) is 0 Å². The Balaban J connectivity index is 2.72. The largest absolute Gasteiger partial charge is 0.459 e. The van der Waals surface area contributed by atoms with Gasteiger partial charge in [-0.25, -0.2) is 4.79 Å². The van der Waals surface area contributed by atoms with Crippen molar-refractivity contribution in [1.82, 2.24) is 0 Å². The van der Waals surface area contributed by atoms with Crippen LogP contribution in [0.25, 0.3) is 0 Å². The minimum atomic E-state index is -1.36. The molecule has 0 aromatic rings. The van der Waals surface area contributed by atoms with E-state index >= 15 is 0 Å². The maximum Gasteiger partial charge on any atom is 0.330 e. The molecule has 0 fully saturated rings. The third kappa shape index (κ3) is 6.51. The molecule has 0 aliphatic carbocycles. The van der Waals surface area contributed by atoms with Crippen LogP contribution in [-0.4, -0.2) is 58.6 Å². The zero-order valence-corrected chi connectivity index (χ0v) is 13.7. The fourth-order valence-electron chi connectivity index (χ4n) is 2.11. The van der Waals surface area contributed by atoms with Crippen LogP contribution in [-0.2, 0) is 28.6 Å². The van der Waals surface area contributed by atoms with Gasteiger partial charge in [-0.3, -0.25) is 9.59 Å². The van der Waals surface area contributed by atoms with Crippen molar-refractivity contribution in [3.63, 3.8) is 0 Å². The van der Waals surface area contributed by atoms with Gasteiger partial charge in [0.2, 0.25) is 0 Å². The highest BCUT2D eigenvalue weighted by molar-refractivity contribution is 5.82. The Bertz CT molecular complexity index is 524. The summed E-state index contributed by atoms with van der Waals surface area (Å²) in [7, 11) is 0. The fourth-order valence-corrected chi connectivity index (χ4v) is 2.11. The monoisotopic (exact) mass is 342 g/mol.